The van der Waals surface area contributed by atoms with E-state index in [1.165, 1.54) is 0 Å². The summed E-state index contributed by atoms with van der Waals surface area (Å²) in [5.74, 6) is -0.891. The van der Waals surface area contributed by atoms with Gasteiger partial charge in [-0.05, 0) is 42.4 Å². The van der Waals surface area contributed by atoms with E-state index in [9.17, 15) is 14.4 Å². The number of nitrogens with two attached hydrogens (primary N) is 1. The number of ether oxygens (including phenoxy) is 1. The van der Waals surface area contributed by atoms with Gasteiger partial charge in [-0.25, -0.2) is 4.79 Å². The Morgan fingerprint density at radius 1 is 1.03 bits per heavy atom. The Morgan fingerprint density at radius 3 is 2.38 bits per heavy atom. The Kier molecular flexibility index (Phi) is 8.25. The second kappa shape index (κ2) is 11.3. The molecule has 0 aromatic heterocycles. The fourth-order valence-corrected chi connectivity index (χ4v) is 4.26. The Labute approximate surface area is 188 Å². The first-order valence-corrected chi connectivity index (χ1v) is 11.1. The van der Waals surface area contributed by atoms with Crippen LogP contribution in [0.4, 0.5) is 4.79 Å². The van der Waals surface area contributed by atoms with E-state index in [-0.39, 0.29) is 24.3 Å². The van der Waals surface area contributed by atoms with Crippen LogP contribution in [0.2, 0.25) is 0 Å². The molecule has 32 heavy (non-hydrogen) atoms. The van der Waals surface area contributed by atoms with E-state index >= 15 is 0 Å². The molecule has 1 fully saturated rings. The van der Waals surface area contributed by atoms with E-state index in [1.807, 2.05) is 49.4 Å². The van der Waals surface area contributed by atoms with Gasteiger partial charge in [0, 0.05) is 12.5 Å². The van der Waals surface area contributed by atoms with Gasteiger partial charge in [0.25, 0.3) is 0 Å². The number of hydrogen-bond acceptors (Lipinski definition) is 4. The Bertz CT molecular complexity index is 915. The van der Waals surface area contributed by atoms with Crippen LogP contribution in [0.5, 0.6) is 0 Å². The zero-order chi connectivity index (χ0) is 22.9. The molecule has 7 nitrogen and oxygen atoms in total. The van der Waals surface area contributed by atoms with Crippen molar-refractivity contribution in [3.05, 3.63) is 71.3 Å². The molecule has 2 aromatic carbocycles. The van der Waals surface area contributed by atoms with Gasteiger partial charge in [-0.1, -0.05) is 67.4 Å². The molecule has 0 aliphatic heterocycles. The number of primary amides is 1. The van der Waals surface area contributed by atoms with Crippen molar-refractivity contribution in [3.63, 3.8) is 0 Å². The minimum atomic E-state index is -0.847. The van der Waals surface area contributed by atoms with Gasteiger partial charge in [-0.15, -0.1) is 0 Å². The quantitative estimate of drug-likeness (QED) is 0.586. The molecule has 7 heteroatoms. The summed E-state index contributed by atoms with van der Waals surface area (Å²) >= 11 is 0. The Balaban J connectivity index is 1.69. The van der Waals surface area contributed by atoms with Crippen LogP contribution in [0.3, 0.4) is 0 Å². The highest BCUT2D eigenvalue weighted by atomic mass is 16.5. The molecule has 1 aliphatic carbocycles. The van der Waals surface area contributed by atoms with Crippen molar-refractivity contribution in [1.82, 2.24) is 10.6 Å². The molecule has 0 saturated heterocycles. The zero-order valence-corrected chi connectivity index (χ0v) is 18.4. The molecule has 2 aromatic rings. The number of hydrogen-bond donors (Lipinski definition) is 3. The summed E-state index contributed by atoms with van der Waals surface area (Å²) in [6.07, 6.45) is 3.25. The molecule has 0 spiro atoms. The number of rotatable bonds is 8. The van der Waals surface area contributed by atoms with Crippen molar-refractivity contribution in [1.29, 1.82) is 0 Å². The summed E-state index contributed by atoms with van der Waals surface area (Å²) in [4.78, 5) is 36.7. The van der Waals surface area contributed by atoms with E-state index < -0.39 is 18.0 Å². The van der Waals surface area contributed by atoms with Crippen molar-refractivity contribution < 1.29 is 19.1 Å². The van der Waals surface area contributed by atoms with Crippen LogP contribution in [0, 0.1) is 5.92 Å². The number of carbonyl (C=O) groups excluding carboxylic acids is 3. The number of nitrogens with one attached hydrogen (secondary N) is 2. The predicted octanol–water partition coefficient (Wildman–Crippen LogP) is 3.55. The first-order chi connectivity index (χ1) is 15.5. The predicted molar refractivity (Wildman–Crippen MR) is 122 cm³/mol. The van der Waals surface area contributed by atoms with Crippen LogP contribution < -0.4 is 16.4 Å². The third-order valence-electron chi connectivity index (χ3n) is 5.91. The molecular weight excluding hydrogens is 406 g/mol. The van der Waals surface area contributed by atoms with E-state index in [0.717, 1.165) is 36.8 Å². The zero-order valence-electron chi connectivity index (χ0n) is 18.4. The topological polar surface area (TPSA) is 111 Å². The summed E-state index contributed by atoms with van der Waals surface area (Å²) in [7, 11) is 0. The maximum atomic E-state index is 13.2. The van der Waals surface area contributed by atoms with Crippen LogP contribution in [0.1, 0.15) is 61.3 Å². The van der Waals surface area contributed by atoms with Gasteiger partial charge in [-0.3, -0.25) is 9.59 Å². The molecule has 0 bridgehead atoms. The smallest absolute Gasteiger partial charge is 0.407 e. The average molecular weight is 438 g/mol. The largest absolute Gasteiger partial charge is 0.445 e. The number of alkyl carbamates (subject to hydrolysis) is 1. The van der Waals surface area contributed by atoms with Gasteiger partial charge in [0.15, 0.2) is 0 Å². The van der Waals surface area contributed by atoms with Gasteiger partial charge in [-0.2, -0.15) is 0 Å². The molecule has 0 radical (unpaired) electrons. The van der Waals surface area contributed by atoms with Gasteiger partial charge < -0.3 is 21.1 Å². The molecule has 3 atom stereocenters. The Morgan fingerprint density at radius 2 is 1.72 bits per heavy atom. The van der Waals surface area contributed by atoms with Crippen LogP contribution in [0.25, 0.3) is 0 Å². The molecule has 1 saturated carbocycles. The fraction of sp³-hybridized carbons (Fsp3) is 0.400. The van der Waals surface area contributed by atoms with Crippen LogP contribution >= 0.6 is 0 Å². The van der Waals surface area contributed by atoms with Crippen molar-refractivity contribution in [2.24, 2.45) is 11.7 Å². The number of amides is 3. The molecular formula is C25H31N3O4. The lowest BCUT2D eigenvalue weighted by Crippen LogP contribution is -2.42. The first-order valence-electron chi connectivity index (χ1n) is 11.1. The standard InChI is InChI=1S/C25H31N3O4/c1-2-27-25(31)32-16-17-12-14-18(15-13-17)20-10-6-7-11-21(20)24(30)28-22(23(26)29)19-8-4-3-5-9-19/h3-5,8-9,12-15,20-22H,2,6-7,10-11,16H2,1H3,(H2,26,29)(H,27,31)(H,28,30)/t20?,21-,22?/m1/s1. The summed E-state index contributed by atoms with van der Waals surface area (Å²) in [6, 6.07) is 16.1. The van der Waals surface area contributed by atoms with Crippen molar-refractivity contribution in [3.8, 4) is 0 Å². The van der Waals surface area contributed by atoms with Gasteiger partial charge in [0.2, 0.25) is 11.8 Å². The van der Waals surface area contributed by atoms with E-state index in [0.29, 0.717) is 12.1 Å². The molecule has 3 rings (SSSR count). The summed E-state index contributed by atoms with van der Waals surface area (Å²) in [5, 5.41) is 5.47. The fourth-order valence-electron chi connectivity index (χ4n) is 4.26. The van der Waals surface area contributed by atoms with Gasteiger partial charge in [0.05, 0.1) is 0 Å². The maximum Gasteiger partial charge on any atom is 0.407 e. The lowest BCUT2D eigenvalue weighted by atomic mass is 9.74. The van der Waals surface area contributed by atoms with E-state index in [4.69, 9.17) is 10.5 Å². The second-order valence-electron chi connectivity index (χ2n) is 8.10. The molecule has 2 unspecified atom stereocenters. The molecule has 170 valence electrons. The normalized spacial score (nSPS) is 18.9. The van der Waals surface area contributed by atoms with Crippen LogP contribution in [-0.2, 0) is 20.9 Å². The first kappa shape index (κ1) is 23.3. The number of benzene rings is 2. The van der Waals surface area contributed by atoms with Crippen LogP contribution in [-0.4, -0.2) is 24.5 Å². The van der Waals surface area contributed by atoms with E-state index in [2.05, 4.69) is 10.6 Å². The molecule has 4 N–H and O–H groups in total. The van der Waals surface area contributed by atoms with Gasteiger partial charge in [0.1, 0.15) is 12.6 Å². The highest BCUT2D eigenvalue weighted by molar-refractivity contribution is 5.89. The molecule has 1 aliphatic rings. The van der Waals surface area contributed by atoms with Crippen molar-refractivity contribution in [2.75, 3.05) is 6.54 Å². The molecule has 0 heterocycles. The lowest BCUT2D eigenvalue weighted by molar-refractivity contribution is -0.131. The maximum absolute atomic E-state index is 13.2. The average Bonchev–Trinajstić information content (AvgIpc) is 2.82. The summed E-state index contributed by atoms with van der Waals surface area (Å²) in [6.45, 7) is 2.54. The molecule has 3 amide bonds. The summed E-state index contributed by atoms with van der Waals surface area (Å²) in [5.41, 5.74) is 8.22. The SMILES string of the molecule is CCNC(=O)OCc1ccc(C2CCCC[C@H]2C(=O)NC(C(N)=O)c2ccccc2)cc1. The van der Waals surface area contributed by atoms with Gasteiger partial charge >= 0.3 is 6.09 Å². The minimum absolute atomic E-state index is 0.0615. The summed E-state index contributed by atoms with van der Waals surface area (Å²) < 4.78 is 5.16. The number of carbonyl (C=O) groups is 3. The van der Waals surface area contributed by atoms with Crippen molar-refractivity contribution in [2.45, 2.75) is 51.2 Å². The highest BCUT2D eigenvalue weighted by Gasteiger charge is 2.34. The second-order valence-corrected chi connectivity index (χ2v) is 8.10. The highest BCUT2D eigenvalue weighted by Crippen LogP contribution is 2.38. The minimum Gasteiger partial charge on any atom is -0.445 e. The van der Waals surface area contributed by atoms with Crippen LogP contribution in [0.15, 0.2) is 54.6 Å². The Hall–Kier alpha value is -3.35. The van der Waals surface area contributed by atoms with E-state index in [1.54, 1.807) is 12.1 Å². The monoisotopic (exact) mass is 437 g/mol. The lowest BCUT2D eigenvalue weighted by Gasteiger charge is -2.32. The van der Waals surface area contributed by atoms with Crippen molar-refractivity contribution >= 4 is 17.9 Å². The third kappa shape index (κ3) is 6.09. The third-order valence-corrected chi connectivity index (χ3v) is 5.91.